The second-order valence-electron chi connectivity index (χ2n) is 9.42. The number of carbonyl (C=O) groups is 1. The molecule has 1 aromatic carbocycles. The van der Waals surface area contributed by atoms with E-state index in [1.165, 1.54) is 16.2 Å². The molecule has 0 unspecified atom stereocenters. The van der Waals surface area contributed by atoms with Crippen molar-refractivity contribution in [3.8, 4) is 5.75 Å². The number of nitrogens with zero attached hydrogens (tertiary/aromatic N) is 6. The van der Waals surface area contributed by atoms with Crippen molar-refractivity contribution in [2.75, 3.05) is 66.4 Å². The smallest absolute Gasteiger partial charge is 0.330 e. The number of benzene rings is 1. The van der Waals surface area contributed by atoms with Crippen LogP contribution in [-0.4, -0.2) is 67.3 Å². The van der Waals surface area contributed by atoms with Crippen LogP contribution in [0.2, 0.25) is 4.34 Å². The van der Waals surface area contributed by atoms with E-state index >= 15 is 0 Å². The number of halogens is 2. The summed E-state index contributed by atoms with van der Waals surface area (Å²) in [4.78, 5) is 30.6. The zero-order chi connectivity index (χ0) is 26.2. The van der Waals surface area contributed by atoms with Crippen molar-refractivity contribution >= 4 is 57.8 Å². The van der Waals surface area contributed by atoms with Gasteiger partial charge in [0.15, 0.2) is 0 Å². The summed E-state index contributed by atoms with van der Waals surface area (Å²) in [5.41, 5.74) is 3.37. The Kier molecular flexibility index (Phi) is 6.81. The highest BCUT2D eigenvalue weighted by Gasteiger charge is 2.35. The van der Waals surface area contributed by atoms with Crippen LogP contribution in [0, 0.1) is 0 Å². The lowest BCUT2D eigenvalue weighted by molar-refractivity contribution is 0.250. The zero-order valence-corrected chi connectivity index (χ0v) is 22.4. The quantitative estimate of drug-likeness (QED) is 0.453. The summed E-state index contributed by atoms with van der Waals surface area (Å²) in [6, 6.07) is 5.69. The Balaban J connectivity index is 1.34. The third-order valence-electron chi connectivity index (χ3n) is 6.95. The molecule has 2 amide bonds. The van der Waals surface area contributed by atoms with E-state index in [0.717, 1.165) is 48.9 Å². The van der Waals surface area contributed by atoms with Crippen molar-refractivity contribution in [1.82, 2.24) is 14.9 Å². The first-order valence-electron chi connectivity index (χ1n) is 12.4. The molecular formula is C26H27ClFN7O2S. The van der Waals surface area contributed by atoms with Crippen LogP contribution in [0.5, 0.6) is 5.75 Å². The maximum Gasteiger partial charge on any atom is 0.330 e. The third kappa shape index (κ3) is 4.65. The molecule has 4 bridgehead atoms. The first-order valence-corrected chi connectivity index (χ1v) is 13.7. The van der Waals surface area contributed by atoms with Crippen LogP contribution in [0.1, 0.15) is 11.1 Å². The minimum atomic E-state index is -0.708. The Morgan fingerprint density at radius 2 is 2.03 bits per heavy atom. The number of carbonyl (C=O) groups excluding carboxylic acids is 1. The predicted octanol–water partition coefficient (Wildman–Crippen LogP) is 5.05. The van der Waals surface area contributed by atoms with E-state index in [-0.39, 0.29) is 19.1 Å². The molecule has 0 saturated carbocycles. The maximum absolute atomic E-state index is 13.7. The Morgan fingerprint density at radius 1 is 1.18 bits per heavy atom. The van der Waals surface area contributed by atoms with Crippen LogP contribution < -0.4 is 24.8 Å². The third-order valence-corrected chi connectivity index (χ3v) is 8.20. The Morgan fingerprint density at radius 3 is 2.84 bits per heavy atom. The molecule has 3 aromatic rings. The van der Waals surface area contributed by atoms with Crippen molar-refractivity contribution < 1.29 is 13.9 Å². The number of amides is 2. The molecule has 0 radical (unpaired) electrons. The Hall–Kier alpha value is -3.41. The average molecular weight is 556 g/mol. The summed E-state index contributed by atoms with van der Waals surface area (Å²) >= 11 is 7.60. The number of urea groups is 1. The molecule has 0 spiro atoms. The SMILES string of the molecule is CN1CCN(c2ccc3cc2OC/C=C/CN2C(=O)N(c4c(CF)csc4Cl)Cc4cnc(nc42)N3)CC1. The van der Waals surface area contributed by atoms with E-state index in [0.29, 0.717) is 34.0 Å². The number of rotatable bonds is 3. The Labute approximate surface area is 229 Å². The number of alkyl halides is 1. The van der Waals surface area contributed by atoms with Crippen molar-refractivity contribution in [1.29, 1.82) is 0 Å². The van der Waals surface area contributed by atoms with Crippen molar-refractivity contribution in [3.05, 3.63) is 57.4 Å². The van der Waals surface area contributed by atoms with Gasteiger partial charge in [-0.2, -0.15) is 4.98 Å². The molecule has 12 heteroatoms. The van der Waals surface area contributed by atoms with Gasteiger partial charge in [-0.05, 0) is 25.3 Å². The lowest BCUT2D eigenvalue weighted by Gasteiger charge is -2.35. The summed E-state index contributed by atoms with van der Waals surface area (Å²) in [6.45, 7) is 3.93. The topological polar surface area (TPSA) is 77.1 Å². The molecule has 198 valence electrons. The zero-order valence-electron chi connectivity index (χ0n) is 20.9. The monoisotopic (exact) mass is 555 g/mol. The summed E-state index contributed by atoms with van der Waals surface area (Å²) in [6.07, 6.45) is 5.47. The van der Waals surface area contributed by atoms with Gasteiger partial charge in [0, 0.05) is 67.2 Å². The number of aromatic nitrogens is 2. The van der Waals surface area contributed by atoms with Gasteiger partial charge < -0.3 is 19.9 Å². The highest BCUT2D eigenvalue weighted by molar-refractivity contribution is 7.15. The van der Waals surface area contributed by atoms with E-state index < -0.39 is 6.67 Å². The van der Waals surface area contributed by atoms with Crippen LogP contribution in [0.25, 0.3) is 0 Å². The molecule has 38 heavy (non-hydrogen) atoms. The lowest BCUT2D eigenvalue weighted by Crippen LogP contribution is -2.48. The molecule has 6 rings (SSSR count). The standard InChI is InChI=1S/C26H27ClFN7O2S/c1-32-7-9-33(10-8-32)20-5-4-19-12-21(20)37-11-3-2-6-34-24-18(14-29-25(30-19)31-24)15-35(26(34)36)22-17(13-28)16-38-23(22)27/h2-5,12,14,16H,6-11,13,15H2,1H3,(H,29,30,31)/b3-2+. The first kappa shape index (κ1) is 24.9. The van der Waals surface area contributed by atoms with Crippen molar-refractivity contribution in [2.45, 2.75) is 13.2 Å². The number of ether oxygens (including phenoxy) is 1. The summed E-state index contributed by atoms with van der Waals surface area (Å²) in [7, 11) is 2.13. The normalized spacial score (nSPS) is 18.7. The highest BCUT2D eigenvalue weighted by atomic mass is 35.5. The number of nitrogens with one attached hydrogen (secondary N) is 1. The van der Waals surface area contributed by atoms with Gasteiger partial charge in [0.05, 0.1) is 17.9 Å². The van der Waals surface area contributed by atoms with E-state index in [1.54, 1.807) is 16.5 Å². The number of hydrogen-bond donors (Lipinski definition) is 1. The molecule has 3 aliphatic heterocycles. The number of hydrogen-bond acceptors (Lipinski definition) is 8. The molecule has 1 fully saturated rings. The van der Waals surface area contributed by atoms with E-state index in [2.05, 4.69) is 33.2 Å². The molecule has 2 aromatic heterocycles. The van der Waals surface area contributed by atoms with Gasteiger partial charge in [0.2, 0.25) is 5.95 Å². The van der Waals surface area contributed by atoms with Gasteiger partial charge >= 0.3 is 6.03 Å². The second-order valence-corrected chi connectivity index (χ2v) is 10.9. The van der Waals surface area contributed by atoms with E-state index in [4.69, 9.17) is 21.3 Å². The first-order chi connectivity index (χ1) is 18.5. The van der Waals surface area contributed by atoms with Crippen LogP contribution in [0.15, 0.2) is 41.9 Å². The van der Waals surface area contributed by atoms with E-state index in [1.807, 2.05) is 24.3 Å². The van der Waals surface area contributed by atoms with Crippen molar-refractivity contribution in [3.63, 3.8) is 0 Å². The molecule has 1 N–H and O–H groups in total. The van der Waals surface area contributed by atoms with Gasteiger partial charge in [-0.1, -0.05) is 17.7 Å². The van der Waals surface area contributed by atoms with Gasteiger partial charge in [-0.25, -0.2) is 14.2 Å². The average Bonchev–Trinajstić information content (AvgIpc) is 3.30. The van der Waals surface area contributed by atoms with Crippen LogP contribution >= 0.6 is 22.9 Å². The fourth-order valence-electron chi connectivity index (χ4n) is 4.88. The lowest BCUT2D eigenvalue weighted by atomic mass is 10.2. The van der Waals surface area contributed by atoms with Crippen LogP contribution in [0.3, 0.4) is 0 Å². The predicted molar refractivity (Wildman–Crippen MR) is 149 cm³/mol. The van der Waals surface area contributed by atoms with Gasteiger partial charge in [-0.3, -0.25) is 9.80 Å². The molecule has 3 aliphatic rings. The van der Waals surface area contributed by atoms with Gasteiger partial charge in [0.25, 0.3) is 0 Å². The van der Waals surface area contributed by atoms with Crippen molar-refractivity contribution in [2.24, 2.45) is 0 Å². The molecule has 9 nitrogen and oxygen atoms in total. The molecule has 1 saturated heterocycles. The molecular weight excluding hydrogens is 529 g/mol. The largest absolute Gasteiger partial charge is 0.487 e. The minimum Gasteiger partial charge on any atom is -0.487 e. The summed E-state index contributed by atoms with van der Waals surface area (Å²) in [5.74, 6) is 1.65. The minimum absolute atomic E-state index is 0.199. The number of thiophene rings is 1. The summed E-state index contributed by atoms with van der Waals surface area (Å²) < 4.78 is 20.3. The van der Waals surface area contributed by atoms with E-state index in [9.17, 15) is 9.18 Å². The number of anilines is 5. The second kappa shape index (κ2) is 10.4. The van der Waals surface area contributed by atoms with Gasteiger partial charge in [0.1, 0.15) is 29.2 Å². The molecule has 5 heterocycles. The number of fused-ring (bicyclic) bond motifs is 3. The number of likely N-dealkylation sites (N-methyl/N-ethyl adjacent to an activating group) is 1. The van der Waals surface area contributed by atoms with Crippen LogP contribution in [0.4, 0.5) is 38.0 Å². The maximum atomic E-state index is 13.7. The van der Waals surface area contributed by atoms with Gasteiger partial charge in [-0.15, -0.1) is 11.3 Å². The molecule has 0 aliphatic carbocycles. The fraction of sp³-hybridized carbons (Fsp3) is 0.346. The number of piperazine rings is 1. The molecule has 0 atom stereocenters. The van der Waals surface area contributed by atoms with Crippen LogP contribution in [-0.2, 0) is 13.2 Å². The fourth-order valence-corrected chi connectivity index (χ4v) is 6.01. The Bertz CT molecular complexity index is 1390. The highest BCUT2D eigenvalue weighted by Crippen LogP contribution is 2.41. The summed E-state index contributed by atoms with van der Waals surface area (Å²) in [5, 5.41) is 4.91.